The summed E-state index contributed by atoms with van der Waals surface area (Å²) in [5.41, 5.74) is 6.93. The van der Waals surface area contributed by atoms with Gasteiger partial charge in [-0.1, -0.05) is 18.2 Å². The maximum absolute atomic E-state index is 13.6. The van der Waals surface area contributed by atoms with Crippen molar-refractivity contribution in [3.8, 4) is 0 Å². The number of halogens is 3. The smallest absolute Gasteiger partial charge is 0.300 e. The van der Waals surface area contributed by atoms with Crippen LogP contribution < -0.4 is 10.9 Å². The zero-order valence-corrected chi connectivity index (χ0v) is 22.8. The van der Waals surface area contributed by atoms with E-state index >= 15 is 0 Å². The number of carboxylic acids is 1. The molecule has 0 amide bonds. The zero-order valence-electron chi connectivity index (χ0n) is 22.0. The summed E-state index contributed by atoms with van der Waals surface area (Å²) in [6.07, 6.45) is 3.46. The fraction of sp³-hybridized carbons (Fsp3) is 0.519. The van der Waals surface area contributed by atoms with E-state index in [1.165, 1.54) is 51.4 Å². The number of carbonyl (C=O) groups is 1. The first-order valence-electron chi connectivity index (χ1n) is 12.1. The molecule has 3 rings (SSSR count). The van der Waals surface area contributed by atoms with Crippen LogP contribution in [-0.4, -0.2) is 46.8 Å². The van der Waals surface area contributed by atoms with Crippen molar-refractivity contribution >= 4 is 17.9 Å². The summed E-state index contributed by atoms with van der Waals surface area (Å²) in [5, 5.41) is 12.6. The molecule has 3 atom stereocenters. The van der Waals surface area contributed by atoms with Crippen LogP contribution >= 0.6 is 11.9 Å². The van der Waals surface area contributed by atoms with Crippen molar-refractivity contribution in [2.45, 2.75) is 89.5 Å². The quantitative estimate of drug-likeness (QED) is 0.386. The summed E-state index contributed by atoms with van der Waals surface area (Å²) in [6.45, 7) is 9.78. The zero-order chi connectivity index (χ0) is 27.7. The highest BCUT2D eigenvalue weighted by atomic mass is 32.2. The molecule has 5 nitrogen and oxygen atoms in total. The molecule has 2 aromatic rings. The Kier molecular flexibility index (Phi) is 18.0. The molecule has 0 bridgehead atoms. The number of alkyl halides is 1. The molecule has 1 aliphatic heterocycles. The van der Waals surface area contributed by atoms with E-state index in [0.717, 1.165) is 35.8 Å². The van der Waals surface area contributed by atoms with Crippen LogP contribution in [0.3, 0.4) is 0 Å². The van der Waals surface area contributed by atoms with E-state index in [2.05, 4.69) is 18.7 Å². The molecule has 0 radical (unpaired) electrons. The molecule has 204 valence electrons. The van der Waals surface area contributed by atoms with Crippen molar-refractivity contribution in [3.05, 3.63) is 65.7 Å². The molecule has 0 aromatic heterocycles. The molecule has 5 N–H and O–H groups in total. The third-order valence-electron chi connectivity index (χ3n) is 5.20. The van der Waals surface area contributed by atoms with Gasteiger partial charge >= 0.3 is 0 Å². The molecule has 2 aromatic carbocycles. The lowest BCUT2D eigenvalue weighted by atomic mass is 9.99. The number of nitrogens with zero attached hydrogens (tertiary/aromatic N) is 1. The third kappa shape index (κ3) is 16.6. The number of hydrogen-bond acceptors (Lipinski definition) is 5. The molecular weight excluding hydrogens is 487 g/mol. The van der Waals surface area contributed by atoms with Gasteiger partial charge in [-0.05, 0) is 108 Å². The van der Waals surface area contributed by atoms with Gasteiger partial charge in [-0.25, -0.2) is 13.2 Å². The number of nitrogens with two attached hydrogens (primary N) is 2. The standard InChI is InChI=1S/C16H25FN2.C6H6FNS.C3H7F.C2H4O2/c1-12-6-5-9-19(12)13(2)10-15(18)11-14-7-3-4-8-16(14)17;7-5-1-3-6(9-8)4-2-5;1-3(2)4;1-2(3)4/h3-4,7-8,12-13,15H,5-6,9-11,18H2,1-2H3;1-4H,8H2;3H,1-2H3;1H3,(H,3,4)/t12-,13?,15?;;;/m1.../s1. The molecule has 1 saturated heterocycles. The van der Waals surface area contributed by atoms with Crippen LogP contribution in [-0.2, 0) is 11.2 Å². The highest BCUT2D eigenvalue weighted by Gasteiger charge is 2.26. The van der Waals surface area contributed by atoms with Crippen molar-refractivity contribution in [1.82, 2.24) is 4.90 Å². The molecule has 0 aliphatic carbocycles. The summed E-state index contributed by atoms with van der Waals surface area (Å²) < 4.78 is 36.8. The van der Waals surface area contributed by atoms with E-state index in [1.54, 1.807) is 18.2 Å². The van der Waals surface area contributed by atoms with Gasteiger partial charge in [-0.3, -0.25) is 14.8 Å². The van der Waals surface area contributed by atoms with Crippen molar-refractivity contribution in [2.24, 2.45) is 10.9 Å². The highest BCUT2D eigenvalue weighted by molar-refractivity contribution is 7.97. The van der Waals surface area contributed by atoms with Crippen molar-refractivity contribution < 1.29 is 23.1 Å². The molecule has 0 saturated carbocycles. The van der Waals surface area contributed by atoms with Crippen LogP contribution in [0.4, 0.5) is 13.2 Å². The molecule has 1 aliphatic rings. The van der Waals surface area contributed by atoms with Gasteiger partial charge < -0.3 is 10.8 Å². The Morgan fingerprint density at radius 3 is 2.11 bits per heavy atom. The first kappa shape index (κ1) is 33.9. The Morgan fingerprint density at radius 2 is 1.67 bits per heavy atom. The molecule has 2 unspecified atom stereocenters. The molecule has 0 spiro atoms. The third-order valence-corrected chi connectivity index (χ3v) is 5.75. The van der Waals surface area contributed by atoms with Gasteiger partial charge in [-0.2, -0.15) is 0 Å². The number of rotatable bonds is 6. The Bertz CT molecular complexity index is 850. The predicted octanol–water partition coefficient (Wildman–Crippen LogP) is 6.21. The van der Waals surface area contributed by atoms with Gasteiger partial charge in [0.25, 0.3) is 5.97 Å². The second-order valence-electron chi connectivity index (χ2n) is 8.97. The number of aliphatic carboxylic acids is 1. The van der Waals surface area contributed by atoms with Crippen LogP contribution in [0.5, 0.6) is 0 Å². The molecule has 1 fully saturated rings. The Labute approximate surface area is 218 Å². The normalized spacial score (nSPS) is 16.5. The van der Waals surface area contributed by atoms with Crippen molar-refractivity contribution in [3.63, 3.8) is 0 Å². The minimum absolute atomic E-state index is 0.0275. The van der Waals surface area contributed by atoms with E-state index in [4.69, 9.17) is 20.8 Å². The van der Waals surface area contributed by atoms with Crippen LogP contribution in [0.15, 0.2) is 53.4 Å². The first-order chi connectivity index (χ1) is 16.9. The summed E-state index contributed by atoms with van der Waals surface area (Å²) in [5.74, 6) is -1.20. The lowest BCUT2D eigenvalue weighted by Gasteiger charge is -2.30. The average molecular weight is 530 g/mol. The van der Waals surface area contributed by atoms with E-state index in [1.807, 2.05) is 12.1 Å². The number of carboxylic acid groups (broad SMARTS) is 1. The molecule has 9 heteroatoms. The second kappa shape index (κ2) is 19.1. The van der Waals surface area contributed by atoms with Crippen LogP contribution in [0.1, 0.15) is 59.4 Å². The molecular formula is C27H42F3N3O2S. The number of likely N-dealkylation sites (tertiary alicyclic amines) is 1. The van der Waals surface area contributed by atoms with Crippen LogP contribution in [0.25, 0.3) is 0 Å². The summed E-state index contributed by atoms with van der Waals surface area (Å²) in [7, 11) is 0. The lowest BCUT2D eigenvalue weighted by molar-refractivity contribution is -0.134. The second-order valence-corrected chi connectivity index (χ2v) is 9.68. The Balaban J connectivity index is 0.000000594. The molecule has 36 heavy (non-hydrogen) atoms. The van der Waals surface area contributed by atoms with Gasteiger partial charge in [0.15, 0.2) is 0 Å². The SMILES string of the molecule is CC(=O)O.CC(C)F.CC(CC(N)Cc1ccccc1F)N1CCC[C@H]1C.NSc1ccc(F)cc1. The monoisotopic (exact) mass is 529 g/mol. The van der Waals surface area contributed by atoms with Gasteiger partial charge in [0, 0.05) is 29.9 Å². The maximum atomic E-state index is 13.6. The van der Waals surface area contributed by atoms with E-state index in [9.17, 15) is 13.2 Å². The van der Waals surface area contributed by atoms with Gasteiger partial charge in [0.2, 0.25) is 0 Å². The Morgan fingerprint density at radius 1 is 1.14 bits per heavy atom. The van der Waals surface area contributed by atoms with Gasteiger partial charge in [0.05, 0.1) is 6.17 Å². The topological polar surface area (TPSA) is 92.6 Å². The van der Waals surface area contributed by atoms with Crippen LogP contribution in [0, 0.1) is 11.6 Å². The summed E-state index contributed by atoms with van der Waals surface area (Å²) in [4.78, 5) is 12.4. The van der Waals surface area contributed by atoms with E-state index in [0.29, 0.717) is 18.5 Å². The minimum Gasteiger partial charge on any atom is -0.481 e. The van der Waals surface area contributed by atoms with Crippen molar-refractivity contribution in [1.29, 1.82) is 0 Å². The fourth-order valence-corrected chi connectivity index (χ4v) is 4.02. The largest absolute Gasteiger partial charge is 0.481 e. The van der Waals surface area contributed by atoms with E-state index < -0.39 is 12.1 Å². The van der Waals surface area contributed by atoms with Gasteiger partial charge in [0.1, 0.15) is 11.6 Å². The Hall–Kier alpha value is -2.07. The summed E-state index contributed by atoms with van der Waals surface area (Å²) >= 11 is 1.11. The predicted molar refractivity (Wildman–Crippen MR) is 144 cm³/mol. The van der Waals surface area contributed by atoms with E-state index in [-0.39, 0.29) is 17.7 Å². The minimum atomic E-state index is -0.833. The molecule has 1 heterocycles. The van der Waals surface area contributed by atoms with Gasteiger partial charge in [-0.15, -0.1) is 0 Å². The lowest BCUT2D eigenvalue weighted by Crippen LogP contribution is -2.40. The maximum Gasteiger partial charge on any atom is 0.300 e. The highest BCUT2D eigenvalue weighted by Crippen LogP contribution is 2.22. The fourth-order valence-electron chi connectivity index (χ4n) is 3.73. The first-order valence-corrected chi connectivity index (χ1v) is 13.0. The van der Waals surface area contributed by atoms with Crippen LogP contribution in [0.2, 0.25) is 0 Å². The van der Waals surface area contributed by atoms with Crippen molar-refractivity contribution in [2.75, 3.05) is 6.54 Å². The average Bonchev–Trinajstić information content (AvgIpc) is 3.22. The summed E-state index contributed by atoms with van der Waals surface area (Å²) in [6, 6.07) is 14.2. The number of benzene rings is 2. The number of hydrogen-bond donors (Lipinski definition) is 3.